The Kier molecular flexibility index (Phi) is 2.24. The van der Waals surface area contributed by atoms with Gasteiger partial charge in [-0.15, -0.1) is 0 Å². The number of hydrogen-bond donors (Lipinski definition) is 2. The normalized spacial score (nSPS) is 23.5. The summed E-state index contributed by atoms with van der Waals surface area (Å²) in [6.07, 6.45) is 2.92. The summed E-state index contributed by atoms with van der Waals surface area (Å²) in [4.78, 5) is 15.3. The van der Waals surface area contributed by atoms with Crippen molar-refractivity contribution in [2.45, 2.75) is 6.04 Å². The smallest absolute Gasteiger partial charge is 0.328 e. The van der Waals surface area contributed by atoms with E-state index in [1.807, 2.05) is 0 Å². The minimum absolute atomic E-state index is 0.355. The molecular formula is C5H8N2O3. The van der Waals surface area contributed by atoms with Gasteiger partial charge < -0.3 is 9.57 Å². The molecule has 0 aromatic carbocycles. The zero-order chi connectivity index (χ0) is 7.40. The van der Waals surface area contributed by atoms with Crippen molar-refractivity contribution in [2.24, 2.45) is 0 Å². The van der Waals surface area contributed by atoms with Gasteiger partial charge in [0.2, 0.25) is 0 Å². The van der Waals surface area contributed by atoms with Gasteiger partial charge in [0.05, 0.1) is 7.11 Å². The third-order valence-corrected chi connectivity index (χ3v) is 1.07. The van der Waals surface area contributed by atoms with Crippen molar-refractivity contribution in [3.63, 3.8) is 0 Å². The molecule has 0 amide bonds. The molecule has 0 unspecified atom stereocenters. The highest BCUT2D eigenvalue weighted by Gasteiger charge is 2.16. The molecule has 0 spiro atoms. The van der Waals surface area contributed by atoms with Gasteiger partial charge in [0.1, 0.15) is 12.3 Å². The molecule has 0 aromatic rings. The van der Waals surface area contributed by atoms with Crippen LogP contribution < -0.4 is 11.0 Å². The SMILES string of the molecule is COC(=O)[C@@H]1C=CONN1. The van der Waals surface area contributed by atoms with Crippen molar-refractivity contribution in [2.75, 3.05) is 7.11 Å². The highest BCUT2D eigenvalue weighted by atomic mass is 16.7. The maximum Gasteiger partial charge on any atom is 0.328 e. The van der Waals surface area contributed by atoms with Gasteiger partial charge in [-0.05, 0) is 6.08 Å². The number of methoxy groups -OCH3 is 1. The van der Waals surface area contributed by atoms with E-state index in [0.717, 1.165) is 0 Å². The van der Waals surface area contributed by atoms with E-state index in [1.54, 1.807) is 6.08 Å². The highest BCUT2D eigenvalue weighted by Crippen LogP contribution is 1.92. The van der Waals surface area contributed by atoms with Gasteiger partial charge in [0.15, 0.2) is 0 Å². The standard InChI is InChI=1S/C5H8N2O3/c1-9-5(8)4-2-3-10-7-6-4/h2-4,6-7H,1H3/t4-/m0/s1. The lowest BCUT2D eigenvalue weighted by Crippen LogP contribution is -2.46. The van der Waals surface area contributed by atoms with E-state index in [0.29, 0.717) is 0 Å². The highest BCUT2D eigenvalue weighted by molar-refractivity contribution is 5.77. The van der Waals surface area contributed by atoms with Gasteiger partial charge in [-0.2, -0.15) is 0 Å². The van der Waals surface area contributed by atoms with E-state index >= 15 is 0 Å². The fraction of sp³-hybridized carbons (Fsp3) is 0.400. The third kappa shape index (κ3) is 1.46. The molecule has 5 heteroatoms. The summed E-state index contributed by atoms with van der Waals surface area (Å²) in [5, 5.41) is 0. The van der Waals surface area contributed by atoms with Crippen molar-refractivity contribution >= 4 is 5.97 Å². The summed E-state index contributed by atoms with van der Waals surface area (Å²) in [5.41, 5.74) is 4.85. The fourth-order valence-corrected chi connectivity index (χ4v) is 0.562. The monoisotopic (exact) mass is 144 g/mol. The van der Waals surface area contributed by atoms with Crippen LogP contribution in [-0.4, -0.2) is 19.1 Å². The van der Waals surface area contributed by atoms with E-state index in [1.165, 1.54) is 13.4 Å². The Morgan fingerprint density at radius 3 is 3.10 bits per heavy atom. The molecule has 0 saturated heterocycles. The Balaban J connectivity index is 2.46. The Morgan fingerprint density at radius 2 is 2.60 bits per heavy atom. The van der Waals surface area contributed by atoms with Gasteiger partial charge in [-0.1, -0.05) is 5.59 Å². The van der Waals surface area contributed by atoms with Crippen molar-refractivity contribution in [1.82, 2.24) is 11.0 Å². The Labute approximate surface area is 57.9 Å². The predicted molar refractivity (Wildman–Crippen MR) is 32.3 cm³/mol. The minimum atomic E-state index is -0.459. The van der Waals surface area contributed by atoms with Crippen LogP contribution in [0, 0.1) is 0 Å². The molecule has 1 aliphatic heterocycles. The van der Waals surface area contributed by atoms with E-state index in [4.69, 9.17) is 0 Å². The molecule has 1 rings (SSSR count). The topological polar surface area (TPSA) is 59.6 Å². The van der Waals surface area contributed by atoms with Crippen molar-refractivity contribution < 1.29 is 14.4 Å². The second-order valence-corrected chi connectivity index (χ2v) is 1.69. The van der Waals surface area contributed by atoms with Crippen molar-refractivity contribution in [1.29, 1.82) is 0 Å². The molecule has 0 aromatic heterocycles. The largest absolute Gasteiger partial charge is 0.468 e. The number of nitrogens with one attached hydrogen (secondary N) is 2. The zero-order valence-corrected chi connectivity index (χ0v) is 5.46. The summed E-state index contributed by atoms with van der Waals surface area (Å²) >= 11 is 0. The molecule has 10 heavy (non-hydrogen) atoms. The first kappa shape index (κ1) is 7.04. The molecule has 2 N–H and O–H groups in total. The Bertz CT molecular complexity index is 157. The van der Waals surface area contributed by atoms with Crippen LogP contribution in [0.15, 0.2) is 12.3 Å². The molecule has 56 valence electrons. The lowest BCUT2D eigenvalue weighted by Gasteiger charge is -2.16. The number of ether oxygens (including phenoxy) is 1. The first-order chi connectivity index (χ1) is 4.84. The Morgan fingerprint density at radius 1 is 1.80 bits per heavy atom. The van der Waals surface area contributed by atoms with Crippen LogP contribution in [0.1, 0.15) is 0 Å². The summed E-state index contributed by atoms with van der Waals surface area (Å²) < 4.78 is 4.44. The second kappa shape index (κ2) is 3.19. The van der Waals surface area contributed by atoms with Crippen LogP contribution in [0.4, 0.5) is 0 Å². The maximum absolute atomic E-state index is 10.7. The lowest BCUT2D eigenvalue weighted by atomic mass is 10.3. The van der Waals surface area contributed by atoms with Crippen molar-refractivity contribution in [3.8, 4) is 0 Å². The molecule has 1 atom stereocenters. The average Bonchev–Trinajstić information content (AvgIpc) is 2.05. The molecule has 0 aliphatic carbocycles. The lowest BCUT2D eigenvalue weighted by molar-refractivity contribution is -0.143. The number of carbonyl (C=O) groups is 1. The molecule has 0 saturated carbocycles. The first-order valence-corrected chi connectivity index (χ1v) is 2.75. The van der Waals surface area contributed by atoms with Crippen molar-refractivity contribution in [3.05, 3.63) is 12.3 Å². The van der Waals surface area contributed by atoms with E-state index < -0.39 is 6.04 Å². The van der Waals surface area contributed by atoms with Crippen LogP contribution in [0.2, 0.25) is 0 Å². The van der Waals surface area contributed by atoms with Gasteiger partial charge >= 0.3 is 5.97 Å². The molecule has 0 bridgehead atoms. The molecule has 1 aliphatic rings. The molecule has 0 radical (unpaired) electrons. The van der Waals surface area contributed by atoms with Gasteiger partial charge in [0, 0.05) is 0 Å². The maximum atomic E-state index is 10.7. The van der Waals surface area contributed by atoms with Crippen LogP contribution in [0.5, 0.6) is 0 Å². The van der Waals surface area contributed by atoms with Gasteiger partial charge in [-0.25, -0.2) is 10.2 Å². The van der Waals surface area contributed by atoms with Gasteiger partial charge in [-0.3, -0.25) is 0 Å². The summed E-state index contributed by atoms with van der Waals surface area (Å²) in [6.45, 7) is 0. The predicted octanol–water partition coefficient (Wildman–Crippen LogP) is -0.919. The Hall–Kier alpha value is -1.07. The third-order valence-electron chi connectivity index (χ3n) is 1.07. The van der Waals surface area contributed by atoms with Crippen LogP contribution >= 0.6 is 0 Å². The summed E-state index contributed by atoms with van der Waals surface area (Å²) in [6, 6.07) is -0.459. The van der Waals surface area contributed by atoms with E-state index in [2.05, 4.69) is 20.6 Å². The first-order valence-electron chi connectivity index (χ1n) is 2.75. The number of hydrogen-bond acceptors (Lipinski definition) is 5. The molecular weight excluding hydrogens is 136 g/mol. The molecule has 0 fully saturated rings. The molecule has 5 nitrogen and oxygen atoms in total. The fourth-order valence-electron chi connectivity index (χ4n) is 0.562. The number of rotatable bonds is 1. The minimum Gasteiger partial charge on any atom is -0.468 e. The van der Waals surface area contributed by atoms with Crippen LogP contribution in [0.3, 0.4) is 0 Å². The quantitative estimate of drug-likeness (QED) is 0.466. The summed E-state index contributed by atoms with van der Waals surface area (Å²) in [5.74, 6) is -0.355. The van der Waals surface area contributed by atoms with Crippen LogP contribution in [0.25, 0.3) is 0 Å². The second-order valence-electron chi connectivity index (χ2n) is 1.69. The molecule has 1 heterocycles. The van der Waals surface area contributed by atoms with E-state index in [9.17, 15) is 4.79 Å². The average molecular weight is 144 g/mol. The number of esters is 1. The van der Waals surface area contributed by atoms with Crippen LogP contribution in [-0.2, 0) is 14.4 Å². The summed E-state index contributed by atoms with van der Waals surface area (Å²) in [7, 11) is 1.33. The van der Waals surface area contributed by atoms with Gasteiger partial charge in [0.25, 0.3) is 0 Å². The zero-order valence-electron chi connectivity index (χ0n) is 5.46. The number of hydrazine groups is 1. The van der Waals surface area contributed by atoms with E-state index in [-0.39, 0.29) is 5.97 Å². The number of carbonyl (C=O) groups excluding carboxylic acids is 1.